The summed E-state index contributed by atoms with van der Waals surface area (Å²) in [6, 6.07) is -0.353. The number of nitrogens with two attached hydrogens (primary N) is 1. The lowest BCUT2D eigenvalue weighted by Gasteiger charge is -2.23. The van der Waals surface area contributed by atoms with Crippen molar-refractivity contribution in [3.8, 4) is 0 Å². The van der Waals surface area contributed by atoms with Crippen molar-refractivity contribution >= 4 is 15.1 Å². The average molecular weight is 273 g/mol. The first kappa shape index (κ1) is 13.7. The van der Waals surface area contributed by atoms with Crippen LogP contribution in [0.2, 0.25) is 0 Å². The van der Waals surface area contributed by atoms with E-state index in [0.717, 1.165) is 6.42 Å². The molecule has 0 radical (unpaired) electrons. The minimum atomic E-state index is -3.58. The second-order valence-corrected chi connectivity index (χ2v) is 6.53. The lowest BCUT2D eigenvalue weighted by Crippen LogP contribution is -2.44. The molecule has 0 amide bonds. The summed E-state index contributed by atoms with van der Waals surface area (Å²) in [6.07, 6.45) is 4.60. The van der Waals surface area contributed by atoms with E-state index in [0.29, 0.717) is 25.9 Å². The van der Waals surface area contributed by atoms with Crippen molar-refractivity contribution in [3.05, 3.63) is 12.2 Å². The monoisotopic (exact) mass is 273 g/mol. The summed E-state index contributed by atoms with van der Waals surface area (Å²) in [4.78, 5) is 4.04. The predicted molar refractivity (Wildman–Crippen MR) is 69.8 cm³/mol. The number of hydrogen-bond donors (Lipinski definition) is 2. The summed E-state index contributed by atoms with van der Waals surface area (Å²) in [6.45, 7) is 0.942. The maximum Gasteiger partial charge on any atom is 0.260 e. The summed E-state index contributed by atoms with van der Waals surface area (Å²) >= 11 is 0. The number of dihydropyridines is 1. The van der Waals surface area contributed by atoms with Gasteiger partial charge in [-0.05, 0) is 25.3 Å². The standard InChI is InChI=1S/C11H19N3O3S/c12-9-4-3-7-14(8-10(9)15)18(16,17)11-5-1-2-6-13-11/h1,5,9-10,15H,2-4,6-8,12H2/t9?,10-/m1/s1. The number of sulfonamides is 1. The molecule has 7 heteroatoms. The molecule has 0 aliphatic carbocycles. The molecule has 2 rings (SSSR count). The number of β-amino-alcohol motifs (C(OH)–C–C–N with tert-alkyl or cyclic N) is 1. The van der Waals surface area contributed by atoms with Crippen molar-refractivity contribution in [2.24, 2.45) is 10.7 Å². The first-order valence-corrected chi connectivity index (χ1v) is 7.60. The molecule has 0 aromatic carbocycles. The first-order valence-electron chi connectivity index (χ1n) is 6.16. The number of aliphatic imine (C=N–C) groups is 1. The van der Waals surface area contributed by atoms with Crippen LogP contribution >= 0.6 is 0 Å². The summed E-state index contributed by atoms with van der Waals surface area (Å²) in [5.74, 6) is 0. The molecule has 1 fully saturated rings. The van der Waals surface area contributed by atoms with Crippen LogP contribution in [0.1, 0.15) is 19.3 Å². The van der Waals surface area contributed by atoms with Crippen LogP contribution in [-0.2, 0) is 10.0 Å². The highest BCUT2D eigenvalue weighted by Crippen LogP contribution is 2.16. The normalized spacial score (nSPS) is 30.9. The average Bonchev–Trinajstić information content (AvgIpc) is 2.54. The molecular formula is C11H19N3O3S. The Morgan fingerprint density at radius 2 is 2.28 bits per heavy atom. The summed E-state index contributed by atoms with van der Waals surface area (Å²) in [7, 11) is -3.58. The molecule has 0 bridgehead atoms. The fourth-order valence-electron chi connectivity index (χ4n) is 2.14. The molecule has 2 aliphatic heterocycles. The Bertz CT molecular complexity index is 458. The van der Waals surface area contributed by atoms with Crippen molar-refractivity contribution in [3.63, 3.8) is 0 Å². The molecule has 1 saturated heterocycles. The van der Waals surface area contributed by atoms with Gasteiger partial charge in [0.15, 0.2) is 5.04 Å². The van der Waals surface area contributed by atoms with Gasteiger partial charge in [-0.3, -0.25) is 4.99 Å². The quantitative estimate of drug-likeness (QED) is 0.670. The Labute approximate surface area is 107 Å². The minimum absolute atomic E-state index is 0.0519. The van der Waals surface area contributed by atoms with Gasteiger partial charge in [-0.25, -0.2) is 8.42 Å². The van der Waals surface area contributed by atoms with E-state index in [4.69, 9.17) is 5.73 Å². The molecule has 3 N–H and O–H groups in total. The summed E-state index contributed by atoms with van der Waals surface area (Å²) < 4.78 is 26.0. The molecule has 2 heterocycles. The lowest BCUT2D eigenvalue weighted by molar-refractivity contribution is 0.131. The second kappa shape index (κ2) is 5.48. The largest absolute Gasteiger partial charge is 0.390 e. The molecule has 6 nitrogen and oxygen atoms in total. The zero-order valence-corrected chi connectivity index (χ0v) is 11.0. The van der Waals surface area contributed by atoms with E-state index in [-0.39, 0.29) is 17.6 Å². The van der Waals surface area contributed by atoms with Crippen molar-refractivity contribution in [2.45, 2.75) is 31.4 Å². The number of nitrogens with zero attached hydrogens (tertiary/aromatic N) is 2. The SMILES string of the molecule is NC1CCCN(S(=O)(=O)C2=NCCC=C2)C[C@H]1O. The van der Waals surface area contributed by atoms with Crippen LogP contribution in [0, 0.1) is 0 Å². The predicted octanol–water partition coefficient (Wildman–Crippen LogP) is -0.541. The van der Waals surface area contributed by atoms with Crippen molar-refractivity contribution in [1.82, 2.24) is 4.31 Å². The van der Waals surface area contributed by atoms with Crippen LogP contribution in [-0.4, -0.2) is 54.7 Å². The van der Waals surface area contributed by atoms with Crippen LogP contribution in [0.4, 0.5) is 0 Å². The number of rotatable bonds is 1. The van der Waals surface area contributed by atoms with E-state index in [2.05, 4.69) is 4.99 Å². The fraction of sp³-hybridized carbons (Fsp3) is 0.727. The van der Waals surface area contributed by atoms with E-state index in [1.54, 1.807) is 6.08 Å². The van der Waals surface area contributed by atoms with Crippen LogP contribution in [0.25, 0.3) is 0 Å². The highest BCUT2D eigenvalue weighted by molar-refractivity contribution is 8.04. The van der Waals surface area contributed by atoms with Gasteiger partial charge in [0.05, 0.1) is 6.10 Å². The lowest BCUT2D eigenvalue weighted by atomic mass is 10.1. The Morgan fingerprint density at radius 3 is 2.94 bits per heavy atom. The molecule has 0 aromatic heterocycles. The molecule has 0 aromatic rings. The Kier molecular flexibility index (Phi) is 4.16. The first-order chi connectivity index (χ1) is 8.51. The summed E-state index contributed by atoms with van der Waals surface area (Å²) in [5, 5.41) is 9.89. The van der Waals surface area contributed by atoms with Crippen molar-refractivity contribution in [2.75, 3.05) is 19.6 Å². The van der Waals surface area contributed by atoms with Crippen LogP contribution in [0.3, 0.4) is 0 Å². The molecule has 18 heavy (non-hydrogen) atoms. The van der Waals surface area contributed by atoms with Gasteiger partial charge in [0, 0.05) is 25.7 Å². The van der Waals surface area contributed by atoms with Gasteiger partial charge in [-0.15, -0.1) is 0 Å². The van der Waals surface area contributed by atoms with Gasteiger partial charge < -0.3 is 10.8 Å². The maximum atomic E-state index is 12.3. The highest BCUT2D eigenvalue weighted by atomic mass is 32.2. The third kappa shape index (κ3) is 2.80. The zero-order valence-electron chi connectivity index (χ0n) is 10.2. The smallest absolute Gasteiger partial charge is 0.260 e. The van der Waals surface area contributed by atoms with Gasteiger partial charge in [0.2, 0.25) is 0 Å². The Balaban J connectivity index is 2.19. The van der Waals surface area contributed by atoms with Gasteiger partial charge in [-0.2, -0.15) is 4.31 Å². The molecule has 0 spiro atoms. The van der Waals surface area contributed by atoms with Gasteiger partial charge in [0.1, 0.15) is 0 Å². The number of aliphatic hydroxyl groups is 1. The number of aliphatic hydroxyl groups excluding tert-OH is 1. The summed E-state index contributed by atoms with van der Waals surface area (Å²) in [5.41, 5.74) is 5.75. The Morgan fingerprint density at radius 1 is 1.50 bits per heavy atom. The third-order valence-corrected chi connectivity index (χ3v) is 5.06. The van der Waals surface area contributed by atoms with E-state index in [9.17, 15) is 13.5 Å². The Hall–Kier alpha value is -0.760. The molecule has 2 aliphatic rings. The van der Waals surface area contributed by atoms with Crippen LogP contribution in [0.5, 0.6) is 0 Å². The van der Waals surface area contributed by atoms with Gasteiger partial charge >= 0.3 is 0 Å². The number of hydrogen-bond acceptors (Lipinski definition) is 5. The molecule has 1 unspecified atom stereocenters. The highest BCUT2D eigenvalue weighted by Gasteiger charge is 2.32. The minimum Gasteiger partial charge on any atom is -0.390 e. The van der Waals surface area contributed by atoms with E-state index >= 15 is 0 Å². The second-order valence-electron chi connectivity index (χ2n) is 4.65. The van der Waals surface area contributed by atoms with Crippen molar-refractivity contribution < 1.29 is 13.5 Å². The zero-order chi connectivity index (χ0) is 13.2. The maximum absolute atomic E-state index is 12.3. The van der Waals surface area contributed by atoms with Crippen molar-refractivity contribution in [1.29, 1.82) is 0 Å². The third-order valence-electron chi connectivity index (χ3n) is 3.26. The fourth-order valence-corrected chi connectivity index (χ4v) is 3.64. The van der Waals surface area contributed by atoms with E-state index in [1.807, 2.05) is 0 Å². The molecular weight excluding hydrogens is 254 g/mol. The topological polar surface area (TPSA) is 96.0 Å². The van der Waals surface area contributed by atoms with Crippen LogP contribution in [0.15, 0.2) is 17.1 Å². The van der Waals surface area contributed by atoms with Gasteiger partial charge in [0.25, 0.3) is 10.0 Å². The molecule has 0 saturated carbocycles. The van der Waals surface area contributed by atoms with Gasteiger partial charge in [-0.1, -0.05) is 6.08 Å². The van der Waals surface area contributed by atoms with E-state index in [1.165, 1.54) is 10.4 Å². The molecule has 102 valence electrons. The van der Waals surface area contributed by atoms with E-state index < -0.39 is 16.1 Å². The molecule has 2 atom stereocenters. The van der Waals surface area contributed by atoms with Crippen LogP contribution < -0.4 is 5.73 Å².